The summed E-state index contributed by atoms with van der Waals surface area (Å²) in [6.45, 7) is 3.58. The summed E-state index contributed by atoms with van der Waals surface area (Å²) in [6, 6.07) is -0.887. The van der Waals surface area contributed by atoms with Crippen molar-refractivity contribution < 1.29 is 38.0 Å². The number of esters is 1. The molecule has 0 aromatic carbocycles. The lowest BCUT2D eigenvalue weighted by molar-refractivity contribution is -0.212. The Labute approximate surface area is 145 Å². The van der Waals surface area contributed by atoms with Crippen LogP contribution in [0.15, 0.2) is 12.2 Å². The molecule has 25 heavy (non-hydrogen) atoms. The number of amides is 1. The Kier molecular flexibility index (Phi) is 5.40. The molecule has 5 atom stereocenters. The van der Waals surface area contributed by atoms with Crippen molar-refractivity contribution in [2.75, 3.05) is 26.9 Å². The van der Waals surface area contributed by atoms with Crippen molar-refractivity contribution in [3.63, 3.8) is 0 Å². The quantitative estimate of drug-likeness (QED) is 0.495. The summed E-state index contributed by atoms with van der Waals surface area (Å²) in [5.41, 5.74) is 0. The first-order valence-electron chi connectivity index (χ1n) is 8.14. The summed E-state index contributed by atoms with van der Waals surface area (Å²) in [5, 5.41) is 2.54. The number of nitrogens with one attached hydrogen (secondary N) is 1. The van der Waals surface area contributed by atoms with E-state index in [2.05, 4.69) is 10.1 Å². The number of ether oxygens (including phenoxy) is 6. The van der Waals surface area contributed by atoms with Gasteiger partial charge in [-0.1, -0.05) is 12.2 Å². The maximum atomic E-state index is 12.1. The van der Waals surface area contributed by atoms with Gasteiger partial charge in [0.15, 0.2) is 18.1 Å². The van der Waals surface area contributed by atoms with Crippen LogP contribution in [0.25, 0.3) is 0 Å². The summed E-state index contributed by atoms with van der Waals surface area (Å²) in [7, 11) is 1.25. The molecule has 1 N–H and O–H groups in total. The van der Waals surface area contributed by atoms with Gasteiger partial charge in [0.25, 0.3) is 0 Å². The van der Waals surface area contributed by atoms with E-state index < -0.39 is 48.3 Å². The summed E-state index contributed by atoms with van der Waals surface area (Å²) in [5.74, 6) is -1.81. The number of rotatable bonds is 1. The van der Waals surface area contributed by atoms with E-state index in [-0.39, 0.29) is 19.8 Å². The summed E-state index contributed by atoms with van der Waals surface area (Å²) < 4.78 is 33.2. The number of hydrogen-bond donors (Lipinski definition) is 1. The van der Waals surface area contributed by atoms with Crippen LogP contribution in [-0.4, -0.2) is 75.2 Å². The van der Waals surface area contributed by atoms with Crippen molar-refractivity contribution in [2.24, 2.45) is 0 Å². The van der Waals surface area contributed by atoms with Gasteiger partial charge in [-0.15, -0.1) is 0 Å². The van der Waals surface area contributed by atoms with Crippen LogP contribution in [0, 0.1) is 0 Å². The molecule has 3 aliphatic rings. The smallest absolute Gasteiger partial charge is 0.330 e. The summed E-state index contributed by atoms with van der Waals surface area (Å²) >= 11 is 0. The molecule has 0 radical (unpaired) electrons. The molecule has 0 bridgehead atoms. The van der Waals surface area contributed by atoms with Crippen LogP contribution in [-0.2, 0) is 38.0 Å². The third-order valence-electron chi connectivity index (χ3n) is 4.08. The highest BCUT2D eigenvalue weighted by molar-refractivity contribution is 5.85. The van der Waals surface area contributed by atoms with Gasteiger partial charge in [0.05, 0.1) is 20.3 Å². The predicted octanol–water partition coefficient (Wildman–Crippen LogP) is -0.508. The Morgan fingerprint density at radius 2 is 2.12 bits per heavy atom. The van der Waals surface area contributed by atoms with Gasteiger partial charge in [0.2, 0.25) is 5.91 Å². The van der Waals surface area contributed by atoms with E-state index in [4.69, 9.17) is 23.7 Å². The molecule has 0 aliphatic carbocycles. The maximum absolute atomic E-state index is 12.1. The molecular weight excluding hydrogens is 334 g/mol. The van der Waals surface area contributed by atoms with E-state index in [1.165, 1.54) is 7.11 Å². The zero-order valence-electron chi connectivity index (χ0n) is 14.4. The SMILES string of the molecule is COC(=O)[C@@H]1COC/C=C\[C@H]2O[C@@H]3OC(C)(C)O[C@@H]3[C@H]2OCC(=O)N1. The lowest BCUT2D eigenvalue weighted by Crippen LogP contribution is -2.47. The van der Waals surface area contributed by atoms with Crippen LogP contribution >= 0.6 is 0 Å². The number of hydrogen-bond acceptors (Lipinski definition) is 8. The molecule has 0 aromatic rings. The van der Waals surface area contributed by atoms with Crippen LogP contribution < -0.4 is 5.32 Å². The maximum Gasteiger partial charge on any atom is 0.330 e. The number of carbonyl (C=O) groups is 2. The van der Waals surface area contributed by atoms with E-state index >= 15 is 0 Å². The third kappa shape index (κ3) is 4.18. The molecular formula is C16H23NO8. The first-order chi connectivity index (χ1) is 11.9. The van der Waals surface area contributed by atoms with Gasteiger partial charge in [-0.3, -0.25) is 4.79 Å². The van der Waals surface area contributed by atoms with Gasteiger partial charge in [-0.05, 0) is 13.8 Å². The fourth-order valence-corrected chi connectivity index (χ4v) is 3.01. The van der Waals surface area contributed by atoms with Crippen molar-refractivity contribution >= 4 is 11.9 Å². The lowest BCUT2D eigenvalue weighted by Gasteiger charge is -2.25. The molecule has 2 fully saturated rings. The van der Waals surface area contributed by atoms with E-state index in [1.54, 1.807) is 26.0 Å². The first kappa shape index (κ1) is 18.3. The molecule has 9 nitrogen and oxygen atoms in total. The van der Waals surface area contributed by atoms with Crippen molar-refractivity contribution in [3.8, 4) is 0 Å². The van der Waals surface area contributed by atoms with E-state index in [1.807, 2.05) is 0 Å². The Morgan fingerprint density at radius 3 is 2.88 bits per heavy atom. The Balaban J connectivity index is 1.71. The van der Waals surface area contributed by atoms with Crippen LogP contribution in [0.4, 0.5) is 0 Å². The fourth-order valence-electron chi connectivity index (χ4n) is 3.01. The van der Waals surface area contributed by atoms with E-state index in [0.29, 0.717) is 0 Å². The largest absolute Gasteiger partial charge is 0.467 e. The van der Waals surface area contributed by atoms with Crippen molar-refractivity contribution in [2.45, 2.75) is 50.3 Å². The van der Waals surface area contributed by atoms with Gasteiger partial charge in [-0.25, -0.2) is 4.79 Å². The number of fused-ring (bicyclic) bond motifs is 3. The van der Waals surface area contributed by atoms with Gasteiger partial charge in [-0.2, -0.15) is 0 Å². The minimum Gasteiger partial charge on any atom is -0.467 e. The monoisotopic (exact) mass is 357 g/mol. The minimum atomic E-state index is -0.887. The van der Waals surface area contributed by atoms with Gasteiger partial charge in [0.1, 0.15) is 24.9 Å². The van der Waals surface area contributed by atoms with Crippen LogP contribution in [0.2, 0.25) is 0 Å². The third-order valence-corrected chi connectivity index (χ3v) is 4.08. The van der Waals surface area contributed by atoms with E-state index in [9.17, 15) is 9.59 Å². The van der Waals surface area contributed by atoms with Crippen molar-refractivity contribution in [1.29, 1.82) is 0 Å². The molecule has 0 saturated carbocycles. The first-order valence-corrected chi connectivity index (χ1v) is 8.14. The van der Waals surface area contributed by atoms with E-state index in [0.717, 1.165) is 0 Å². The highest BCUT2D eigenvalue weighted by atomic mass is 16.8. The summed E-state index contributed by atoms with van der Waals surface area (Å²) in [6.07, 6.45) is 1.62. The Hall–Kier alpha value is -1.52. The second-order valence-corrected chi connectivity index (χ2v) is 6.45. The Morgan fingerprint density at radius 1 is 1.32 bits per heavy atom. The molecule has 1 amide bonds. The van der Waals surface area contributed by atoms with Gasteiger partial charge < -0.3 is 33.7 Å². The van der Waals surface area contributed by atoms with Gasteiger partial charge in [0, 0.05) is 0 Å². The van der Waals surface area contributed by atoms with Crippen LogP contribution in [0.3, 0.4) is 0 Å². The molecule has 3 aliphatic heterocycles. The standard InChI is InChI=1S/C16H23NO8/c1-16(2)24-13-12-10(23-15(13)25-16)5-4-6-21-7-9(14(19)20-3)17-11(18)8-22-12/h4-5,9-10,12-13,15H,6-8H2,1-3H3,(H,17,18)/b5-4-/t9-,10+,12-,13+,15+/m0/s1. The van der Waals surface area contributed by atoms with Crippen LogP contribution in [0.5, 0.6) is 0 Å². The minimum absolute atomic E-state index is 0.00334. The number of methoxy groups -OCH3 is 1. The van der Waals surface area contributed by atoms with Gasteiger partial charge >= 0.3 is 5.97 Å². The Bertz CT molecular complexity index is 548. The molecule has 3 rings (SSSR count). The molecule has 0 spiro atoms. The topological polar surface area (TPSA) is 102 Å². The van der Waals surface area contributed by atoms with Crippen molar-refractivity contribution in [1.82, 2.24) is 5.32 Å². The molecule has 2 saturated heterocycles. The molecule has 0 unspecified atom stereocenters. The highest BCUT2D eigenvalue weighted by Crippen LogP contribution is 2.39. The number of carbonyl (C=O) groups excluding carboxylic acids is 2. The normalized spacial score (nSPS) is 39.3. The second kappa shape index (κ2) is 7.38. The van der Waals surface area contributed by atoms with Crippen LogP contribution in [0.1, 0.15) is 13.8 Å². The summed E-state index contributed by atoms with van der Waals surface area (Å²) in [4.78, 5) is 23.8. The molecule has 3 heterocycles. The predicted molar refractivity (Wildman–Crippen MR) is 82.3 cm³/mol. The average Bonchev–Trinajstić information content (AvgIpc) is 3.00. The zero-order valence-corrected chi connectivity index (χ0v) is 14.4. The molecule has 0 aromatic heterocycles. The lowest BCUT2D eigenvalue weighted by atomic mass is 10.1. The fraction of sp³-hybridized carbons (Fsp3) is 0.750. The average molecular weight is 357 g/mol. The molecule has 9 heteroatoms. The highest BCUT2D eigenvalue weighted by Gasteiger charge is 2.54. The second-order valence-electron chi connectivity index (χ2n) is 6.45. The van der Waals surface area contributed by atoms with Crippen molar-refractivity contribution in [3.05, 3.63) is 12.2 Å². The molecule has 140 valence electrons. The zero-order chi connectivity index (χ0) is 18.0.